The van der Waals surface area contributed by atoms with Crippen LogP contribution in [0.2, 0.25) is 0 Å². The van der Waals surface area contributed by atoms with Crippen LogP contribution in [0.25, 0.3) is 5.76 Å². The molecule has 1 aliphatic carbocycles. The number of ether oxygens (including phenoxy) is 4. The average molecular weight is 426 g/mol. The lowest BCUT2D eigenvalue weighted by molar-refractivity contribution is -0.140. The number of carbonyl (C=O) groups excluding carboxylic acids is 3. The van der Waals surface area contributed by atoms with Gasteiger partial charge in [0.05, 0.1) is 40.4 Å². The zero-order valence-electron chi connectivity index (χ0n) is 17.6. The lowest BCUT2D eigenvalue weighted by Gasteiger charge is -2.26. The second-order valence-electron chi connectivity index (χ2n) is 6.72. The number of benzene rings is 2. The van der Waals surface area contributed by atoms with Crippen molar-refractivity contribution in [3.05, 3.63) is 58.7 Å². The molecule has 0 amide bonds. The minimum absolute atomic E-state index is 0.102. The van der Waals surface area contributed by atoms with Crippen LogP contribution in [-0.2, 0) is 14.3 Å². The summed E-state index contributed by atoms with van der Waals surface area (Å²) in [5, 5.41) is 11.0. The highest BCUT2D eigenvalue weighted by atomic mass is 16.5. The van der Waals surface area contributed by atoms with Crippen molar-refractivity contribution < 1.29 is 38.4 Å². The van der Waals surface area contributed by atoms with Crippen LogP contribution in [-0.4, -0.2) is 51.1 Å². The topological polar surface area (TPSA) is 108 Å². The van der Waals surface area contributed by atoms with E-state index in [0.717, 1.165) is 0 Å². The van der Waals surface area contributed by atoms with Gasteiger partial charge in [0.15, 0.2) is 11.5 Å². The minimum Gasteiger partial charge on any atom is -0.507 e. The smallest absolute Gasteiger partial charge is 0.306 e. The van der Waals surface area contributed by atoms with Crippen LogP contribution in [0.1, 0.15) is 33.8 Å². The van der Waals surface area contributed by atoms with Crippen molar-refractivity contribution in [3.63, 3.8) is 0 Å². The van der Waals surface area contributed by atoms with E-state index in [1.165, 1.54) is 40.6 Å². The van der Waals surface area contributed by atoms with Crippen LogP contribution in [0.15, 0.2) is 42.0 Å². The number of esters is 1. The number of carbonyl (C=O) groups is 3. The van der Waals surface area contributed by atoms with E-state index in [-0.39, 0.29) is 40.4 Å². The van der Waals surface area contributed by atoms with Gasteiger partial charge in [-0.25, -0.2) is 0 Å². The molecular weight excluding hydrogens is 404 g/mol. The highest BCUT2D eigenvalue weighted by Gasteiger charge is 2.40. The summed E-state index contributed by atoms with van der Waals surface area (Å²) in [5.41, 5.74) is 0.466. The van der Waals surface area contributed by atoms with Crippen molar-refractivity contribution in [1.29, 1.82) is 0 Å². The third-order valence-corrected chi connectivity index (χ3v) is 5.19. The molecule has 0 radical (unpaired) electrons. The van der Waals surface area contributed by atoms with Crippen molar-refractivity contribution in [1.82, 2.24) is 0 Å². The second kappa shape index (κ2) is 8.91. The molecule has 1 atom stereocenters. The zero-order valence-corrected chi connectivity index (χ0v) is 17.6. The third-order valence-electron chi connectivity index (χ3n) is 5.19. The molecule has 1 unspecified atom stereocenters. The summed E-state index contributed by atoms with van der Waals surface area (Å²) in [6.45, 7) is 0. The maximum absolute atomic E-state index is 13.0. The summed E-state index contributed by atoms with van der Waals surface area (Å²) in [4.78, 5) is 38.0. The Morgan fingerprint density at radius 3 is 2.10 bits per heavy atom. The van der Waals surface area contributed by atoms with Crippen molar-refractivity contribution in [2.45, 2.75) is 12.3 Å². The van der Waals surface area contributed by atoms with E-state index < -0.39 is 23.5 Å². The summed E-state index contributed by atoms with van der Waals surface area (Å²) >= 11 is 0. The Labute approximate surface area is 179 Å². The number of hydrogen-bond acceptors (Lipinski definition) is 8. The maximum Gasteiger partial charge on any atom is 0.306 e. The molecule has 0 aromatic heterocycles. The van der Waals surface area contributed by atoms with E-state index in [1.807, 2.05) is 0 Å². The van der Waals surface area contributed by atoms with E-state index in [0.29, 0.717) is 11.3 Å². The van der Waals surface area contributed by atoms with E-state index in [4.69, 9.17) is 18.9 Å². The number of rotatable bonds is 7. The molecule has 0 saturated carbocycles. The molecule has 1 N–H and O–H groups in total. The third kappa shape index (κ3) is 3.72. The van der Waals surface area contributed by atoms with Gasteiger partial charge in [-0.3, -0.25) is 14.4 Å². The first-order valence-electron chi connectivity index (χ1n) is 9.36. The quantitative estimate of drug-likeness (QED) is 0.532. The molecular formula is C23H22O8. The highest BCUT2D eigenvalue weighted by Crippen LogP contribution is 2.47. The molecule has 8 nitrogen and oxygen atoms in total. The number of ketones is 2. The Morgan fingerprint density at radius 1 is 0.871 bits per heavy atom. The molecule has 162 valence electrons. The number of fused-ring (bicyclic) bond motifs is 1. The van der Waals surface area contributed by atoms with E-state index in [2.05, 4.69) is 0 Å². The van der Waals surface area contributed by atoms with Crippen molar-refractivity contribution in [2.75, 3.05) is 28.4 Å². The predicted octanol–water partition coefficient (Wildman–Crippen LogP) is 3.09. The number of allylic oxidation sites excluding steroid dienone is 1. The molecule has 0 heterocycles. The minimum atomic E-state index is -1.04. The van der Waals surface area contributed by atoms with Crippen molar-refractivity contribution in [2.24, 2.45) is 0 Å². The number of aliphatic hydroxyl groups is 1. The summed E-state index contributed by atoms with van der Waals surface area (Å²) in [5.74, 6) is -2.89. The molecule has 0 saturated heterocycles. The zero-order chi connectivity index (χ0) is 22.7. The van der Waals surface area contributed by atoms with Gasteiger partial charge in [-0.1, -0.05) is 30.3 Å². The molecule has 2 aromatic carbocycles. The van der Waals surface area contributed by atoms with Gasteiger partial charge in [-0.05, 0) is 6.07 Å². The Morgan fingerprint density at radius 2 is 1.52 bits per heavy atom. The molecule has 0 bridgehead atoms. The second-order valence-corrected chi connectivity index (χ2v) is 6.72. The fourth-order valence-electron chi connectivity index (χ4n) is 3.72. The molecule has 8 heteroatoms. The Balaban J connectivity index is 2.30. The van der Waals surface area contributed by atoms with Gasteiger partial charge in [0.25, 0.3) is 0 Å². The predicted molar refractivity (Wildman–Crippen MR) is 111 cm³/mol. The SMILES string of the molecule is COC(=O)CC(C1=C(O)c2ccccc2C(=O)C1=O)c1ccc(OC)c(OC)c1OC. The molecule has 0 spiro atoms. The molecule has 0 fully saturated rings. The lowest BCUT2D eigenvalue weighted by atomic mass is 9.78. The molecule has 31 heavy (non-hydrogen) atoms. The number of hydrogen-bond donors (Lipinski definition) is 1. The van der Waals surface area contributed by atoms with Gasteiger partial charge in [-0.2, -0.15) is 0 Å². The van der Waals surface area contributed by atoms with Gasteiger partial charge in [0.2, 0.25) is 17.3 Å². The number of aliphatic hydroxyl groups excluding tert-OH is 1. The van der Waals surface area contributed by atoms with Crippen LogP contribution < -0.4 is 14.2 Å². The fourth-order valence-corrected chi connectivity index (χ4v) is 3.72. The number of methoxy groups -OCH3 is 4. The Kier molecular flexibility index (Phi) is 6.29. The summed E-state index contributed by atoms with van der Waals surface area (Å²) < 4.78 is 21.0. The van der Waals surface area contributed by atoms with Crippen LogP contribution in [0.3, 0.4) is 0 Å². The van der Waals surface area contributed by atoms with Crippen LogP contribution >= 0.6 is 0 Å². The summed E-state index contributed by atoms with van der Waals surface area (Å²) in [7, 11) is 5.48. The normalized spacial score (nSPS) is 14.1. The standard InChI is InChI=1S/C23H22O8/c1-28-16-10-9-14(22(30-3)23(16)31-4)15(11-17(24)29-2)18-19(25)12-7-5-6-8-13(12)20(26)21(18)27/h5-10,15,25H,11H2,1-4H3. The van der Waals surface area contributed by atoms with Gasteiger partial charge in [0, 0.05) is 22.6 Å². The van der Waals surface area contributed by atoms with Crippen LogP contribution in [0.4, 0.5) is 0 Å². The molecule has 3 rings (SSSR count). The van der Waals surface area contributed by atoms with E-state index in [9.17, 15) is 19.5 Å². The molecule has 2 aromatic rings. The maximum atomic E-state index is 13.0. The highest BCUT2D eigenvalue weighted by molar-refractivity contribution is 6.52. The first kappa shape index (κ1) is 21.9. The number of Topliss-reactive ketones (excluding diaryl/α,β-unsaturated/α-hetero) is 2. The Bertz CT molecular complexity index is 1080. The first-order chi connectivity index (χ1) is 14.9. The van der Waals surface area contributed by atoms with Gasteiger partial charge >= 0.3 is 5.97 Å². The lowest BCUT2D eigenvalue weighted by Crippen LogP contribution is -2.28. The van der Waals surface area contributed by atoms with E-state index >= 15 is 0 Å². The van der Waals surface area contributed by atoms with Crippen molar-refractivity contribution >= 4 is 23.3 Å². The largest absolute Gasteiger partial charge is 0.507 e. The molecule has 0 aliphatic heterocycles. The summed E-state index contributed by atoms with van der Waals surface area (Å²) in [6, 6.07) is 9.42. The average Bonchev–Trinajstić information content (AvgIpc) is 2.80. The first-order valence-corrected chi connectivity index (χ1v) is 9.36. The van der Waals surface area contributed by atoms with Gasteiger partial charge in [0.1, 0.15) is 5.76 Å². The van der Waals surface area contributed by atoms with Crippen LogP contribution in [0.5, 0.6) is 17.2 Å². The molecule has 1 aliphatic rings. The van der Waals surface area contributed by atoms with E-state index in [1.54, 1.807) is 24.3 Å². The van der Waals surface area contributed by atoms with Gasteiger partial charge in [-0.15, -0.1) is 0 Å². The van der Waals surface area contributed by atoms with Crippen molar-refractivity contribution in [3.8, 4) is 17.2 Å². The van der Waals surface area contributed by atoms with Crippen LogP contribution in [0, 0.1) is 0 Å². The fraction of sp³-hybridized carbons (Fsp3) is 0.261. The van der Waals surface area contributed by atoms with Gasteiger partial charge < -0.3 is 24.1 Å². The Hall–Kier alpha value is -3.81. The monoisotopic (exact) mass is 426 g/mol. The summed E-state index contributed by atoms with van der Waals surface area (Å²) in [6.07, 6.45) is -0.317.